The highest BCUT2D eigenvalue weighted by Crippen LogP contribution is 2.31. The summed E-state index contributed by atoms with van der Waals surface area (Å²) >= 11 is 5.94. The molecule has 166 valence electrons. The van der Waals surface area contributed by atoms with Crippen molar-refractivity contribution in [1.82, 2.24) is 18.4 Å². The lowest BCUT2D eigenvalue weighted by molar-refractivity contribution is -0.143. The van der Waals surface area contributed by atoms with E-state index in [4.69, 9.17) is 11.6 Å². The minimum absolute atomic E-state index is 0.0456. The summed E-state index contributed by atoms with van der Waals surface area (Å²) in [6.45, 7) is 0.571. The van der Waals surface area contributed by atoms with E-state index in [1.807, 2.05) is 24.3 Å². The van der Waals surface area contributed by atoms with E-state index in [2.05, 4.69) is 0 Å². The van der Waals surface area contributed by atoms with E-state index >= 15 is 0 Å². The number of piperazine rings is 1. The van der Waals surface area contributed by atoms with Crippen molar-refractivity contribution in [2.45, 2.75) is 24.8 Å². The van der Waals surface area contributed by atoms with Gasteiger partial charge in [0.2, 0.25) is 0 Å². The summed E-state index contributed by atoms with van der Waals surface area (Å²) in [6, 6.07) is 5.93. The van der Waals surface area contributed by atoms with Crippen LogP contribution in [-0.4, -0.2) is 96.8 Å². The average Bonchev–Trinajstić information content (AvgIpc) is 2.73. The number of urea groups is 1. The van der Waals surface area contributed by atoms with Crippen LogP contribution in [0.1, 0.15) is 24.3 Å². The van der Waals surface area contributed by atoms with Crippen molar-refractivity contribution in [3.63, 3.8) is 0 Å². The standard InChI is InChI=1S/C19H27ClN4O5S/c1-21(2)19(27)22-11-12-24(17(13-22)18(25)26)30(28,29)23-9-7-15(8-10-23)14-3-5-16(20)6-4-14/h3-6,15,17H,7-13H2,1-2H3,(H,25,26)/t17-/m1/s1. The normalized spacial score (nSPS) is 22.1. The van der Waals surface area contributed by atoms with Gasteiger partial charge in [0, 0.05) is 51.8 Å². The summed E-state index contributed by atoms with van der Waals surface area (Å²) in [7, 11) is -0.797. The Morgan fingerprint density at radius 2 is 1.67 bits per heavy atom. The molecule has 2 heterocycles. The first-order valence-electron chi connectivity index (χ1n) is 9.82. The highest BCUT2D eigenvalue weighted by Gasteiger charge is 2.44. The van der Waals surface area contributed by atoms with E-state index in [0.717, 1.165) is 9.87 Å². The molecule has 0 saturated carbocycles. The number of rotatable bonds is 4. The Kier molecular flexibility index (Phi) is 6.91. The van der Waals surface area contributed by atoms with Crippen LogP contribution in [0.2, 0.25) is 5.02 Å². The van der Waals surface area contributed by atoms with Crippen molar-refractivity contribution < 1.29 is 23.1 Å². The largest absolute Gasteiger partial charge is 0.480 e. The van der Waals surface area contributed by atoms with Crippen molar-refractivity contribution in [3.05, 3.63) is 34.9 Å². The number of carbonyl (C=O) groups excluding carboxylic acids is 1. The number of hydrogen-bond acceptors (Lipinski definition) is 4. The maximum atomic E-state index is 13.2. The Labute approximate surface area is 182 Å². The third kappa shape index (κ3) is 4.72. The number of aliphatic carboxylic acids is 1. The fourth-order valence-corrected chi connectivity index (χ4v) is 5.89. The van der Waals surface area contributed by atoms with Crippen LogP contribution in [0.3, 0.4) is 0 Å². The van der Waals surface area contributed by atoms with Gasteiger partial charge in [-0.2, -0.15) is 17.0 Å². The smallest absolute Gasteiger partial charge is 0.323 e. The Hall–Kier alpha value is -1.88. The molecule has 0 aliphatic carbocycles. The lowest BCUT2D eigenvalue weighted by Gasteiger charge is -2.42. The lowest BCUT2D eigenvalue weighted by atomic mass is 9.90. The first kappa shape index (κ1) is 22.8. The molecule has 2 amide bonds. The Balaban J connectivity index is 1.69. The number of carboxylic acids is 1. The Morgan fingerprint density at radius 1 is 1.07 bits per heavy atom. The number of halogens is 1. The molecule has 11 heteroatoms. The Bertz CT molecular complexity index is 885. The Morgan fingerprint density at radius 3 is 2.20 bits per heavy atom. The van der Waals surface area contributed by atoms with Gasteiger partial charge in [-0.15, -0.1) is 0 Å². The van der Waals surface area contributed by atoms with Gasteiger partial charge >= 0.3 is 12.0 Å². The minimum atomic E-state index is -3.95. The molecule has 0 aromatic heterocycles. The van der Waals surface area contributed by atoms with Gasteiger partial charge in [-0.25, -0.2) is 4.79 Å². The zero-order valence-electron chi connectivity index (χ0n) is 17.1. The molecule has 0 radical (unpaired) electrons. The fourth-order valence-electron chi connectivity index (χ4n) is 4.00. The van der Waals surface area contributed by atoms with Gasteiger partial charge in [0.25, 0.3) is 10.2 Å². The lowest BCUT2D eigenvalue weighted by Crippen LogP contribution is -2.63. The molecule has 2 fully saturated rings. The maximum Gasteiger partial charge on any atom is 0.323 e. The number of carboxylic acid groups (broad SMARTS) is 1. The van der Waals surface area contributed by atoms with Crippen LogP contribution >= 0.6 is 11.6 Å². The molecular weight excluding hydrogens is 432 g/mol. The topological polar surface area (TPSA) is 101 Å². The molecule has 1 aromatic rings. The number of nitrogens with zero attached hydrogens (tertiary/aromatic N) is 4. The summed E-state index contributed by atoms with van der Waals surface area (Å²) in [4.78, 5) is 26.7. The van der Waals surface area contributed by atoms with Crippen LogP contribution in [0.5, 0.6) is 0 Å². The molecule has 0 spiro atoms. The van der Waals surface area contributed by atoms with Gasteiger partial charge in [-0.1, -0.05) is 23.7 Å². The quantitative estimate of drug-likeness (QED) is 0.737. The summed E-state index contributed by atoms with van der Waals surface area (Å²) in [5.41, 5.74) is 1.12. The third-order valence-corrected chi connectivity index (χ3v) is 7.99. The van der Waals surface area contributed by atoms with Crippen LogP contribution in [0.25, 0.3) is 0 Å². The molecule has 3 rings (SSSR count). The van der Waals surface area contributed by atoms with Crippen LogP contribution < -0.4 is 0 Å². The molecule has 2 saturated heterocycles. The van der Waals surface area contributed by atoms with E-state index in [1.165, 1.54) is 14.1 Å². The summed E-state index contributed by atoms with van der Waals surface area (Å²) in [5.74, 6) is -1.02. The first-order chi connectivity index (χ1) is 14.1. The third-order valence-electron chi connectivity index (χ3n) is 5.69. The van der Waals surface area contributed by atoms with E-state index < -0.39 is 22.2 Å². The van der Waals surface area contributed by atoms with Gasteiger partial charge in [0.15, 0.2) is 0 Å². The van der Waals surface area contributed by atoms with Crippen molar-refractivity contribution in [2.24, 2.45) is 0 Å². The molecule has 0 unspecified atom stereocenters. The highest BCUT2D eigenvalue weighted by molar-refractivity contribution is 7.86. The SMILES string of the molecule is CN(C)C(=O)N1CCN(S(=O)(=O)N2CCC(c3ccc(Cl)cc3)CC2)[C@@H](C(=O)O)C1. The second-order valence-corrected chi connectivity index (χ2v) is 10.1. The monoisotopic (exact) mass is 458 g/mol. The molecule has 1 atom stereocenters. The number of amides is 2. The van der Waals surface area contributed by atoms with Gasteiger partial charge in [0.1, 0.15) is 6.04 Å². The van der Waals surface area contributed by atoms with Crippen LogP contribution in [0.15, 0.2) is 24.3 Å². The van der Waals surface area contributed by atoms with Crippen molar-refractivity contribution >= 4 is 33.8 Å². The number of piperidine rings is 1. The second kappa shape index (κ2) is 9.09. The van der Waals surface area contributed by atoms with E-state index in [9.17, 15) is 23.1 Å². The van der Waals surface area contributed by atoms with E-state index in [1.54, 1.807) is 14.1 Å². The molecule has 2 aliphatic rings. The maximum absolute atomic E-state index is 13.2. The summed E-state index contributed by atoms with van der Waals surface area (Å²) in [6.07, 6.45) is 1.30. The molecule has 30 heavy (non-hydrogen) atoms. The van der Waals surface area contributed by atoms with Gasteiger partial charge in [-0.05, 0) is 36.5 Å². The zero-order valence-corrected chi connectivity index (χ0v) is 18.6. The predicted molar refractivity (Wildman–Crippen MR) is 113 cm³/mol. The molecule has 2 aliphatic heterocycles. The van der Waals surface area contributed by atoms with E-state index in [-0.39, 0.29) is 31.6 Å². The molecule has 9 nitrogen and oxygen atoms in total. The van der Waals surface area contributed by atoms with Crippen molar-refractivity contribution in [1.29, 1.82) is 0 Å². The van der Waals surface area contributed by atoms with Gasteiger partial charge in [-0.3, -0.25) is 4.79 Å². The zero-order chi connectivity index (χ0) is 22.1. The van der Waals surface area contributed by atoms with Gasteiger partial charge in [0.05, 0.1) is 0 Å². The van der Waals surface area contributed by atoms with E-state index in [0.29, 0.717) is 31.0 Å². The summed E-state index contributed by atoms with van der Waals surface area (Å²) in [5, 5.41) is 10.3. The van der Waals surface area contributed by atoms with Crippen LogP contribution in [0.4, 0.5) is 4.79 Å². The van der Waals surface area contributed by atoms with Crippen molar-refractivity contribution in [2.75, 3.05) is 46.8 Å². The highest BCUT2D eigenvalue weighted by atomic mass is 35.5. The molecule has 1 aromatic carbocycles. The molecule has 1 N–H and O–H groups in total. The summed E-state index contributed by atoms with van der Waals surface area (Å²) < 4.78 is 28.8. The fraction of sp³-hybridized carbons (Fsp3) is 0.579. The number of hydrogen-bond donors (Lipinski definition) is 1. The van der Waals surface area contributed by atoms with Crippen molar-refractivity contribution in [3.8, 4) is 0 Å². The molecular formula is C19H27ClN4O5S. The average molecular weight is 459 g/mol. The number of carbonyl (C=O) groups is 2. The predicted octanol–water partition coefficient (Wildman–Crippen LogP) is 1.52. The van der Waals surface area contributed by atoms with Gasteiger partial charge < -0.3 is 14.9 Å². The number of benzene rings is 1. The molecule has 0 bridgehead atoms. The van der Waals surface area contributed by atoms with Crippen LogP contribution in [-0.2, 0) is 15.0 Å². The van der Waals surface area contributed by atoms with Crippen LogP contribution in [0, 0.1) is 0 Å². The second-order valence-electron chi connectivity index (χ2n) is 7.82. The minimum Gasteiger partial charge on any atom is -0.480 e. The first-order valence-corrected chi connectivity index (χ1v) is 11.6.